The van der Waals surface area contributed by atoms with Crippen molar-refractivity contribution in [2.45, 2.75) is 64.6 Å². The highest BCUT2D eigenvalue weighted by Crippen LogP contribution is 2.25. The molecule has 0 aliphatic rings. The lowest BCUT2D eigenvalue weighted by atomic mass is 10.1. The van der Waals surface area contributed by atoms with Crippen LogP contribution in [0.3, 0.4) is 0 Å². The zero-order chi connectivity index (χ0) is 16.0. The standard InChI is InChI=1S/C17H27NO2S/c1-12(2)18-10-14-9-13(3)7-8-15(14)21-11-16(19)20-17(4,5)6/h7-9,12,18H,10-11H2,1-6H3. The van der Waals surface area contributed by atoms with Crippen LogP contribution in [0.2, 0.25) is 0 Å². The SMILES string of the molecule is Cc1ccc(SCC(=O)OC(C)(C)C)c(CNC(C)C)c1. The van der Waals surface area contributed by atoms with E-state index >= 15 is 0 Å². The van der Waals surface area contributed by atoms with E-state index in [0.717, 1.165) is 11.4 Å². The van der Waals surface area contributed by atoms with E-state index in [0.29, 0.717) is 11.8 Å². The van der Waals surface area contributed by atoms with Crippen molar-refractivity contribution < 1.29 is 9.53 Å². The third-order valence-electron chi connectivity index (χ3n) is 2.68. The Morgan fingerprint density at radius 1 is 1.33 bits per heavy atom. The molecule has 0 spiro atoms. The molecule has 0 saturated heterocycles. The minimum absolute atomic E-state index is 0.171. The van der Waals surface area contributed by atoms with Gasteiger partial charge in [0.25, 0.3) is 0 Å². The van der Waals surface area contributed by atoms with E-state index in [4.69, 9.17) is 4.74 Å². The number of hydrogen-bond acceptors (Lipinski definition) is 4. The smallest absolute Gasteiger partial charge is 0.316 e. The Kier molecular flexibility index (Phi) is 6.75. The second kappa shape index (κ2) is 7.85. The Morgan fingerprint density at radius 2 is 2.00 bits per heavy atom. The Balaban J connectivity index is 2.67. The lowest BCUT2D eigenvalue weighted by molar-refractivity contribution is -0.151. The van der Waals surface area contributed by atoms with E-state index in [1.807, 2.05) is 20.8 Å². The third kappa shape index (κ3) is 7.53. The quantitative estimate of drug-likeness (QED) is 0.638. The summed E-state index contributed by atoms with van der Waals surface area (Å²) in [4.78, 5) is 13.0. The fraction of sp³-hybridized carbons (Fsp3) is 0.588. The van der Waals surface area contributed by atoms with Gasteiger partial charge in [0.05, 0.1) is 5.75 Å². The minimum Gasteiger partial charge on any atom is -0.459 e. The van der Waals surface area contributed by atoms with Crippen LogP contribution in [0.15, 0.2) is 23.1 Å². The van der Waals surface area contributed by atoms with E-state index in [1.165, 1.54) is 11.1 Å². The number of benzene rings is 1. The van der Waals surface area contributed by atoms with Crippen LogP contribution in [0.25, 0.3) is 0 Å². The molecule has 0 fully saturated rings. The van der Waals surface area contributed by atoms with Crippen LogP contribution in [0.1, 0.15) is 45.7 Å². The van der Waals surface area contributed by atoms with Gasteiger partial charge < -0.3 is 10.1 Å². The summed E-state index contributed by atoms with van der Waals surface area (Å²) >= 11 is 1.54. The normalized spacial score (nSPS) is 11.8. The minimum atomic E-state index is -0.424. The van der Waals surface area contributed by atoms with Crippen molar-refractivity contribution in [1.82, 2.24) is 5.32 Å². The van der Waals surface area contributed by atoms with Gasteiger partial charge in [-0.25, -0.2) is 0 Å². The Morgan fingerprint density at radius 3 is 2.57 bits per heavy atom. The van der Waals surface area contributed by atoms with Gasteiger partial charge in [0, 0.05) is 17.5 Å². The summed E-state index contributed by atoms with van der Waals surface area (Å²) in [5, 5.41) is 3.43. The number of hydrogen-bond donors (Lipinski definition) is 1. The third-order valence-corrected chi connectivity index (χ3v) is 3.77. The summed E-state index contributed by atoms with van der Waals surface area (Å²) in [6.07, 6.45) is 0. The van der Waals surface area contributed by atoms with E-state index in [2.05, 4.69) is 44.3 Å². The number of esters is 1. The van der Waals surface area contributed by atoms with Crippen LogP contribution in [0.5, 0.6) is 0 Å². The maximum absolute atomic E-state index is 11.8. The van der Waals surface area contributed by atoms with Crippen LogP contribution in [-0.4, -0.2) is 23.4 Å². The molecule has 0 aliphatic carbocycles. The van der Waals surface area contributed by atoms with E-state index in [9.17, 15) is 4.79 Å². The van der Waals surface area contributed by atoms with E-state index < -0.39 is 5.60 Å². The summed E-state index contributed by atoms with van der Waals surface area (Å²) in [7, 11) is 0. The monoisotopic (exact) mass is 309 g/mol. The average Bonchev–Trinajstić information content (AvgIpc) is 2.33. The van der Waals surface area contributed by atoms with Gasteiger partial charge in [0.1, 0.15) is 5.60 Å². The molecule has 4 heteroatoms. The first-order chi connectivity index (χ1) is 9.67. The maximum Gasteiger partial charge on any atom is 0.316 e. The molecule has 1 aromatic rings. The van der Waals surface area contributed by atoms with Crippen molar-refractivity contribution >= 4 is 17.7 Å². The fourth-order valence-electron chi connectivity index (χ4n) is 1.81. The van der Waals surface area contributed by atoms with Gasteiger partial charge in [-0.15, -0.1) is 11.8 Å². The fourth-order valence-corrected chi connectivity index (χ4v) is 2.62. The predicted molar refractivity (Wildman–Crippen MR) is 89.7 cm³/mol. The zero-order valence-corrected chi connectivity index (χ0v) is 14.8. The van der Waals surface area contributed by atoms with E-state index in [1.54, 1.807) is 11.8 Å². The average molecular weight is 309 g/mol. The Bertz CT molecular complexity index is 478. The van der Waals surface area contributed by atoms with Crippen LogP contribution < -0.4 is 5.32 Å². The zero-order valence-electron chi connectivity index (χ0n) is 13.9. The molecular weight excluding hydrogens is 282 g/mol. The molecule has 0 unspecified atom stereocenters. The number of nitrogens with one attached hydrogen (secondary N) is 1. The molecular formula is C17H27NO2S. The summed E-state index contributed by atoms with van der Waals surface area (Å²) in [5.41, 5.74) is 2.04. The summed E-state index contributed by atoms with van der Waals surface area (Å²) < 4.78 is 5.35. The number of aryl methyl sites for hydroxylation is 1. The van der Waals surface area contributed by atoms with E-state index in [-0.39, 0.29) is 5.97 Å². The molecule has 3 nitrogen and oxygen atoms in total. The van der Waals surface area contributed by atoms with Gasteiger partial charge in [-0.1, -0.05) is 31.5 Å². The molecule has 1 N–H and O–H groups in total. The number of rotatable bonds is 6. The molecule has 1 aromatic carbocycles. The second-order valence-electron chi connectivity index (χ2n) is 6.52. The molecule has 0 atom stereocenters. The van der Waals surface area contributed by atoms with Crippen molar-refractivity contribution in [3.05, 3.63) is 29.3 Å². The van der Waals surface area contributed by atoms with Crippen LogP contribution in [0, 0.1) is 6.92 Å². The molecule has 21 heavy (non-hydrogen) atoms. The second-order valence-corrected chi connectivity index (χ2v) is 7.54. The van der Waals surface area contributed by atoms with Gasteiger partial charge in [0.15, 0.2) is 0 Å². The van der Waals surface area contributed by atoms with Gasteiger partial charge in [-0.2, -0.15) is 0 Å². The lowest BCUT2D eigenvalue weighted by Gasteiger charge is -2.19. The predicted octanol–water partition coefficient (Wildman–Crippen LogP) is 3.93. The number of carbonyl (C=O) groups is 1. The van der Waals surface area contributed by atoms with Crippen molar-refractivity contribution in [3.8, 4) is 0 Å². The van der Waals surface area contributed by atoms with Gasteiger partial charge in [0.2, 0.25) is 0 Å². The molecule has 1 rings (SSSR count). The molecule has 0 amide bonds. The number of carbonyl (C=O) groups excluding carboxylic acids is 1. The lowest BCUT2D eigenvalue weighted by Crippen LogP contribution is -2.25. The largest absolute Gasteiger partial charge is 0.459 e. The molecule has 0 bridgehead atoms. The molecule has 0 aromatic heterocycles. The van der Waals surface area contributed by atoms with Gasteiger partial charge in [-0.3, -0.25) is 4.79 Å². The summed E-state index contributed by atoms with van der Waals surface area (Å²) in [6, 6.07) is 6.78. The summed E-state index contributed by atoms with van der Waals surface area (Å²) in [5.74, 6) is 0.172. The topological polar surface area (TPSA) is 38.3 Å². The van der Waals surface area contributed by atoms with Crippen LogP contribution in [-0.2, 0) is 16.1 Å². The van der Waals surface area contributed by atoms with Crippen molar-refractivity contribution in [2.75, 3.05) is 5.75 Å². The van der Waals surface area contributed by atoms with Crippen molar-refractivity contribution in [1.29, 1.82) is 0 Å². The van der Waals surface area contributed by atoms with Gasteiger partial charge >= 0.3 is 5.97 Å². The van der Waals surface area contributed by atoms with Crippen LogP contribution >= 0.6 is 11.8 Å². The highest BCUT2D eigenvalue weighted by Gasteiger charge is 2.16. The van der Waals surface area contributed by atoms with Crippen LogP contribution in [0.4, 0.5) is 0 Å². The highest BCUT2D eigenvalue weighted by molar-refractivity contribution is 8.00. The molecule has 0 aliphatic heterocycles. The highest BCUT2D eigenvalue weighted by atomic mass is 32.2. The van der Waals surface area contributed by atoms with Crippen molar-refractivity contribution in [3.63, 3.8) is 0 Å². The Hall–Kier alpha value is -1.00. The number of thioether (sulfide) groups is 1. The molecule has 0 radical (unpaired) electrons. The molecule has 0 heterocycles. The molecule has 118 valence electrons. The molecule has 0 saturated carbocycles. The maximum atomic E-state index is 11.8. The first kappa shape index (κ1) is 18.1. The van der Waals surface area contributed by atoms with Crippen molar-refractivity contribution in [2.24, 2.45) is 0 Å². The Labute approximate surface area is 132 Å². The summed E-state index contributed by atoms with van der Waals surface area (Å²) in [6.45, 7) is 12.8. The first-order valence-electron chi connectivity index (χ1n) is 7.35. The first-order valence-corrected chi connectivity index (χ1v) is 8.33. The van der Waals surface area contributed by atoms with Gasteiger partial charge in [-0.05, 0) is 39.3 Å². The number of ether oxygens (including phenoxy) is 1.